The van der Waals surface area contributed by atoms with Crippen molar-refractivity contribution in [2.75, 3.05) is 24.9 Å². The molecule has 0 aromatic heterocycles. The fourth-order valence-electron chi connectivity index (χ4n) is 3.08. The number of thiocarbonyl (C=S) groups is 2. The number of ether oxygens (including phenoxy) is 2. The van der Waals surface area contributed by atoms with Crippen LogP contribution in [0, 0.1) is 0 Å². The number of benzene rings is 2. The summed E-state index contributed by atoms with van der Waals surface area (Å²) in [5, 5.41) is 15.9. The summed E-state index contributed by atoms with van der Waals surface area (Å²) in [6, 6.07) is 15.1. The number of anilines is 2. The molecule has 1 aliphatic carbocycles. The van der Waals surface area contributed by atoms with Crippen molar-refractivity contribution >= 4 is 57.5 Å². The number of hydrogen-bond acceptors (Lipinski definition) is 6. The second-order valence-corrected chi connectivity index (χ2v) is 7.80. The van der Waals surface area contributed by atoms with Crippen LogP contribution >= 0.6 is 24.4 Å². The van der Waals surface area contributed by atoms with Gasteiger partial charge < -0.3 is 20.1 Å². The molecule has 0 radical (unpaired) electrons. The van der Waals surface area contributed by atoms with Gasteiger partial charge in [-0.2, -0.15) is 10.2 Å². The maximum atomic E-state index is 5.33. The highest BCUT2D eigenvalue weighted by atomic mass is 32.1. The van der Waals surface area contributed by atoms with Gasteiger partial charge in [0.2, 0.25) is 0 Å². The Morgan fingerprint density at radius 1 is 0.781 bits per heavy atom. The summed E-state index contributed by atoms with van der Waals surface area (Å²) in [4.78, 5) is 0. The molecule has 2 aromatic rings. The Morgan fingerprint density at radius 3 is 1.69 bits per heavy atom. The van der Waals surface area contributed by atoms with Crippen molar-refractivity contribution < 1.29 is 9.47 Å². The second kappa shape index (κ2) is 12.0. The van der Waals surface area contributed by atoms with Gasteiger partial charge in [-0.25, -0.2) is 0 Å². The molecule has 2 aromatic carbocycles. The van der Waals surface area contributed by atoms with Crippen LogP contribution in [-0.4, -0.2) is 35.9 Å². The van der Waals surface area contributed by atoms with Crippen LogP contribution in [0.1, 0.15) is 25.7 Å². The largest absolute Gasteiger partial charge is 0.497 e. The van der Waals surface area contributed by atoms with Gasteiger partial charge in [-0.05, 0) is 68.0 Å². The highest BCUT2D eigenvalue weighted by molar-refractivity contribution is 7.80. The summed E-state index contributed by atoms with van der Waals surface area (Å²) in [5.74, 6) is 1.51. The van der Waals surface area contributed by atoms with Gasteiger partial charge in [0.15, 0.2) is 10.2 Å². The zero-order valence-corrected chi connectivity index (χ0v) is 19.6. The van der Waals surface area contributed by atoms with Crippen molar-refractivity contribution in [1.82, 2.24) is 10.9 Å². The standard InChI is InChI=1S/C22H26N6O2S2/c1-29-19-10-4-6-15(13-19)23-21(31)27-25-17-8-3-9-18(12-17)26-28-22(32)24-16-7-5-11-20(14-16)30-2/h4-7,10-11,13-14H,3,8-9,12H2,1-2H3,(H2,23,27,31)(H2,24,28,32)/b25-17-,26-18+. The van der Waals surface area contributed by atoms with Gasteiger partial charge >= 0.3 is 0 Å². The van der Waals surface area contributed by atoms with Gasteiger partial charge in [0, 0.05) is 41.4 Å². The molecule has 4 N–H and O–H groups in total. The molecule has 168 valence electrons. The predicted octanol–water partition coefficient (Wildman–Crippen LogP) is 4.26. The van der Waals surface area contributed by atoms with Gasteiger partial charge in [0.1, 0.15) is 11.5 Å². The first-order valence-electron chi connectivity index (χ1n) is 10.1. The van der Waals surface area contributed by atoms with Gasteiger partial charge in [-0.3, -0.25) is 10.9 Å². The smallest absolute Gasteiger partial charge is 0.191 e. The van der Waals surface area contributed by atoms with Crippen molar-refractivity contribution in [3.63, 3.8) is 0 Å². The Hall–Kier alpha value is -3.24. The van der Waals surface area contributed by atoms with E-state index in [0.717, 1.165) is 53.6 Å². The van der Waals surface area contributed by atoms with Crippen LogP contribution in [0.2, 0.25) is 0 Å². The van der Waals surface area contributed by atoms with Gasteiger partial charge in [0.25, 0.3) is 0 Å². The number of nitrogens with zero attached hydrogens (tertiary/aromatic N) is 2. The lowest BCUT2D eigenvalue weighted by molar-refractivity contribution is 0.415. The van der Waals surface area contributed by atoms with E-state index in [2.05, 4.69) is 31.7 Å². The lowest BCUT2D eigenvalue weighted by Gasteiger charge is -2.16. The van der Waals surface area contributed by atoms with Crippen LogP contribution in [0.5, 0.6) is 11.5 Å². The summed E-state index contributed by atoms with van der Waals surface area (Å²) in [5.41, 5.74) is 9.44. The molecule has 1 saturated carbocycles. The molecular weight excluding hydrogens is 444 g/mol. The van der Waals surface area contributed by atoms with Crippen LogP contribution in [-0.2, 0) is 0 Å². The van der Waals surface area contributed by atoms with Gasteiger partial charge in [0.05, 0.1) is 14.2 Å². The number of hydrazone groups is 2. The highest BCUT2D eigenvalue weighted by Crippen LogP contribution is 2.18. The van der Waals surface area contributed by atoms with Crippen molar-refractivity contribution in [3.8, 4) is 11.5 Å². The van der Waals surface area contributed by atoms with Crippen LogP contribution in [0.4, 0.5) is 11.4 Å². The maximum absolute atomic E-state index is 5.33. The van der Waals surface area contributed by atoms with E-state index in [1.165, 1.54) is 0 Å². The van der Waals surface area contributed by atoms with Crippen LogP contribution in [0.25, 0.3) is 0 Å². The second-order valence-electron chi connectivity index (χ2n) is 6.98. The minimum Gasteiger partial charge on any atom is -0.497 e. The van der Waals surface area contributed by atoms with E-state index in [1.807, 2.05) is 48.5 Å². The van der Waals surface area contributed by atoms with Crippen molar-refractivity contribution in [2.45, 2.75) is 25.7 Å². The molecule has 8 nitrogen and oxygen atoms in total. The third-order valence-corrected chi connectivity index (χ3v) is 5.01. The van der Waals surface area contributed by atoms with Crippen molar-refractivity contribution in [2.24, 2.45) is 10.2 Å². The normalized spacial score (nSPS) is 15.7. The molecule has 1 fully saturated rings. The molecule has 0 saturated heterocycles. The molecule has 0 amide bonds. The summed E-state index contributed by atoms with van der Waals surface area (Å²) in [7, 11) is 3.25. The average Bonchev–Trinajstić information content (AvgIpc) is 2.82. The van der Waals surface area contributed by atoms with E-state index < -0.39 is 0 Å². The molecule has 3 rings (SSSR count). The topological polar surface area (TPSA) is 91.3 Å². The Labute approximate surface area is 198 Å². The third-order valence-electron chi connectivity index (χ3n) is 4.63. The van der Waals surface area contributed by atoms with E-state index in [1.54, 1.807) is 14.2 Å². The van der Waals surface area contributed by atoms with Crippen molar-refractivity contribution in [1.29, 1.82) is 0 Å². The lowest BCUT2D eigenvalue weighted by Crippen LogP contribution is -2.28. The molecule has 0 unspecified atom stereocenters. The zero-order chi connectivity index (χ0) is 22.8. The maximum Gasteiger partial charge on any atom is 0.191 e. The molecule has 0 spiro atoms. The number of nitrogens with one attached hydrogen (secondary N) is 4. The quantitative estimate of drug-likeness (QED) is 0.368. The first-order chi connectivity index (χ1) is 15.6. The minimum absolute atomic E-state index is 0.414. The lowest BCUT2D eigenvalue weighted by atomic mass is 9.97. The molecule has 1 aliphatic rings. The van der Waals surface area contributed by atoms with Gasteiger partial charge in [-0.1, -0.05) is 12.1 Å². The van der Waals surface area contributed by atoms with Crippen molar-refractivity contribution in [3.05, 3.63) is 48.5 Å². The zero-order valence-electron chi connectivity index (χ0n) is 18.0. The molecular formula is C22H26N6O2S2. The molecule has 0 atom stereocenters. The van der Waals surface area contributed by atoms with E-state index in [-0.39, 0.29) is 0 Å². The van der Waals surface area contributed by atoms with E-state index in [9.17, 15) is 0 Å². The minimum atomic E-state index is 0.414. The Bertz CT molecular complexity index is 945. The first-order valence-corrected chi connectivity index (χ1v) is 10.9. The number of methoxy groups -OCH3 is 2. The van der Waals surface area contributed by atoms with Crippen LogP contribution in [0.15, 0.2) is 58.7 Å². The third kappa shape index (κ3) is 7.47. The summed E-state index contributed by atoms with van der Waals surface area (Å²) in [6.07, 6.45) is 3.40. The summed E-state index contributed by atoms with van der Waals surface area (Å²) >= 11 is 10.7. The molecule has 10 heteroatoms. The monoisotopic (exact) mass is 470 g/mol. The Morgan fingerprint density at radius 2 is 1.25 bits per heavy atom. The SMILES string of the molecule is COc1cccc(NC(=S)N/N=C2/CCC/C(=N\NC(=S)Nc3cccc(OC)c3)C2)c1. The molecule has 0 bridgehead atoms. The van der Waals surface area contributed by atoms with E-state index >= 15 is 0 Å². The van der Waals surface area contributed by atoms with Crippen LogP contribution in [0.3, 0.4) is 0 Å². The van der Waals surface area contributed by atoms with E-state index in [0.29, 0.717) is 16.6 Å². The average molecular weight is 471 g/mol. The Kier molecular flexibility index (Phi) is 8.76. The fraction of sp³-hybridized carbons (Fsp3) is 0.273. The predicted molar refractivity (Wildman–Crippen MR) is 138 cm³/mol. The van der Waals surface area contributed by atoms with Gasteiger partial charge in [-0.15, -0.1) is 0 Å². The highest BCUT2D eigenvalue weighted by Gasteiger charge is 2.14. The first kappa shape index (κ1) is 23.4. The number of rotatable bonds is 6. The number of hydrogen-bond donors (Lipinski definition) is 4. The van der Waals surface area contributed by atoms with Crippen LogP contribution < -0.4 is 31.0 Å². The molecule has 32 heavy (non-hydrogen) atoms. The fourth-order valence-corrected chi connectivity index (χ4v) is 3.41. The Balaban J connectivity index is 1.49. The summed E-state index contributed by atoms with van der Waals surface area (Å²) < 4.78 is 10.4. The van der Waals surface area contributed by atoms with E-state index in [4.69, 9.17) is 33.9 Å². The molecule has 0 aliphatic heterocycles. The summed E-state index contributed by atoms with van der Waals surface area (Å²) in [6.45, 7) is 0. The molecule has 0 heterocycles.